The van der Waals surface area contributed by atoms with Crippen LogP contribution in [0.2, 0.25) is 0 Å². The number of hydrogen-bond donors (Lipinski definition) is 0. The summed E-state index contributed by atoms with van der Waals surface area (Å²) in [6.07, 6.45) is 0. The number of hydrogen-bond acceptors (Lipinski definition) is 5. The van der Waals surface area contributed by atoms with Gasteiger partial charge in [-0.3, -0.25) is 0 Å². The maximum atomic E-state index is 12.8. The van der Waals surface area contributed by atoms with Crippen molar-refractivity contribution in [3.05, 3.63) is 88.0 Å². The van der Waals surface area contributed by atoms with Gasteiger partial charge in [0.25, 0.3) is 0 Å². The van der Waals surface area contributed by atoms with Gasteiger partial charge >= 0.3 is 11.6 Å². The summed E-state index contributed by atoms with van der Waals surface area (Å²) in [5, 5.41) is 3.63. The summed E-state index contributed by atoms with van der Waals surface area (Å²) in [4.78, 5) is 24.4. The number of carbonyl (C=O) groups is 1. The molecule has 0 N–H and O–H groups in total. The highest BCUT2D eigenvalue weighted by Gasteiger charge is 2.21. The predicted octanol–water partition coefficient (Wildman–Crippen LogP) is 5.53. The van der Waals surface area contributed by atoms with Gasteiger partial charge in [0.05, 0.1) is 0 Å². The number of benzene rings is 3. The molecule has 0 unspecified atom stereocenters. The number of aryl methyl sites for hydroxylation is 2. The van der Waals surface area contributed by atoms with Crippen molar-refractivity contribution < 1.29 is 18.4 Å². The van der Waals surface area contributed by atoms with Gasteiger partial charge in [-0.25, -0.2) is 9.59 Å². The lowest BCUT2D eigenvalue weighted by molar-refractivity contribution is 0.0703. The van der Waals surface area contributed by atoms with E-state index < -0.39 is 11.6 Å². The summed E-state index contributed by atoms with van der Waals surface area (Å²) >= 11 is 0. The van der Waals surface area contributed by atoms with E-state index in [0.29, 0.717) is 11.2 Å². The van der Waals surface area contributed by atoms with Crippen LogP contribution in [0.15, 0.2) is 74.3 Å². The van der Waals surface area contributed by atoms with E-state index in [1.165, 1.54) is 12.1 Å². The van der Waals surface area contributed by atoms with Crippen LogP contribution < -0.4 is 10.4 Å². The zero-order valence-corrected chi connectivity index (χ0v) is 15.8. The van der Waals surface area contributed by atoms with Gasteiger partial charge < -0.3 is 13.6 Å². The Morgan fingerprint density at radius 2 is 1.66 bits per heavy atom. The molecule has 142 valence electrons. The molecular weight excluding hydrogens is 368 g/mol. The van der Waals surface area contributed by atoms with Crippen LogP contribution in [0.3, 0.4) is 0 Å². The van der Waals surface area contributed by atoms with Crippen LogP contribution in [0, 0.1) is 13.8 Å². The van der Waals surface area contributed by atoms with Crippen molar-refractivity contribution in [1.29, 1.82) is 0 Å². The third kappa shape index (κ3) is 2.79. The van der Waals surface area contributed by atoms with E-state index in [1.54, 1.807) is 12.1 Å². The highest BCUT2D eigenvalue weighted by molar-refractivity contribution is 6.08. The van der Waals surface area contributed by atoms with E-state index in [1.807, 2.05) is 50.2 Å². The Hall–Kier alpha value is -3.86. The topological polar surface area (TPSA) is 69.7 Å². The van der Waals surface area contributed by atoms with E-state index in [2.05, 4.69) is 0 Å². The van der Waals surface area contributed by atoms with Crippen molar-refractivity contribution in [2.75, 3.05) is 0 Å². The lowest BCUT2D eigenvalue weighted by atomic mass is 10.1. The molecule has 0 atom stereocenters. The van der Waals surface area contributed by atoms with Gasteiger partial charge in [0.15, 0.2) is 0 Å². The molecule has 0 aliphatic rings. The molecule has 0 aliphatic heterocycles. The molecular formula is C24H16O5. The maximum Gasteiger partial charge on any atom is 0.379 e. The monoisotopic (exact) mass is 384 g/mol. The van der Waals surface area contributed by atoms with Crippen molar-refractivity contribution >= 4 is 38.7 Å². The Kier molecular flexibility index (Phi) is 3.77. The molecule has 0 spiro atoms. The summed E-state index contributed by atoms with van der Waals surface area (Å²) < 4.78 is 16.7. The number of furan rings is 1. The second-order valence-electron chi connectivity index (χ2n) is 7.02. The van der Waals surface area contributed by atoms with Crippen molar-refractivity contribution in [2.45, 2.75) is 13.8 Å². The van der Waals surface area contributed by atoms with E-state index in [-0.39, 0.29) is 11.5 Å². The summed E-state index contributed by atoms with van der Waals surface area (Å²) in [5.74, 6) is -0.166. The fourth-order valence-corrected chi connectivity index (χ4v) is 3.67. The van der Waals surface area contributed by atoms with Crippen LogP contribution in [0.1, 0.15) is 21.7 Å². The first-order chi connectivity index (χ1) is 14.0. The van der Waals surface area contributed by atoms with Crippen molar-refractivity contribution in [3.8, 4) is 5.75 Å². The Bertz CT molecular complexity index is 1490. The first kappa shape index (κ1) is 17.3. The molecule has 0 aliphatic carbocycles. The van der Waals surface area contributed by atoms with Crippen LogP contribution in [0.5, 0.6) is 5.75 Å². The second-order valence-corrected chi connectivity index (χ2v) is 7.02. The Morgan fingerprint density at radius 3 is 2.52 bits per heavy atom. The predicted molar refractivity (Wildman–Crippen MR) is 111 cm³/mol. The van der Waals surface area contributed by atoms with Gasteiger partial charge in [-0.05, 0) is 36.9 Å². The molecule has 0 fully saturated rings. The molecule has 0 radical (unpaired) electrons. The van der Waals surface area contributed by atoms with E-state index in [4.69, 9.17) is 13.6 Å². The lowest BCUT2D eigenvalue weighted by Gasteiger charge is -2.05. The zero-order chi connectivity index (χ0) is 20.1. The van der Waals surface area contributed by atoms with Crippen LogP contribution in [0.25, 0.3) is 32.7 Å². The molecule has 5 aromatic rings. The van der Waals surface area contributed by atoms with Gasteiger partial charge in [-0.2, -0.15) is 0 Å². The summed E-state index contributed by atoms with van der Waals surface area (Å²) in [5.41, 5.74) is 2.10. The fourth-order valence-electron chi connectivity index (χ4n) is 3.67. The minimum Gasteiger partial charge on any atom is -0.448 e. The van der Waals surface area contributed by atoms with Gasteiger partial charge in [0, 0.05) is 33.9 Å². The molecule has 0 saturated heterocycles. The smallest absolute Gasteiger partial charge is 0.379 e. The van der Waals surface area contributed by atoms with Crippen LogP contribution >= 0.6 is 0 Å². The summed E-state index contributed by atoms with van der Waals surface area (Å²) in [6.45, 7) is 3.66. The largest absolute Gasteiger partial charge is 0.448 e. The summed E-state index contributed by atoms with van der Waals surface area (Å²) in [6, 6.07) is 18.2. The molecule has 0 amide bonds. The van der Waals surface area contributed by atoms with Crippen LogP contribution in [-0.2, 0) is 0 Å². The van der Waals surface area contributed by atoms with Gasteiger partial charge in [-0.15, -0.1) is 0 Å². The molecule has 2 heterocycles. The minimum atomic E-state index is -0.600. The number of carbonyl (C=O) groups excluding carboxylic acids is 1. The zero-order valence-electron chi connectivity index (χ0n) is 15.8. The fraction of sp³-hybridized carbons (Fsp3) is 0.0833. The normalized spacial score (nSPS) is 11.4. The standard InChI is InChI=1S/C24H16O5/c1-13-11-21(25)28-20-12-16(8-10-17(13)20)27-24(26)22-14(2)18-9-7-15-5-3-4-6-19(15)23(18)29-22/h3-12H,1-2H3. The number of rotatable bonds is 2. The van der Waals surface area contributed by atoms with Gasteiger partial charge in [-0.1, -0.05) is 36.4 Å². The third-order valence-electron chi connectivity index (χ3n) is 5.15. The second kappa shape index (κ2) is 6.34. The van der Waals surface area contributed by atoms with Crippen LogP contribution in [-0.4, -0.2) is 5.97 Å². The van der Waals surface area contributed by atoms with Gasteiger partial charge in [0.1, 0.15) is 16.9 Å². The highest BCUT2D eigenvalue weighted by Crippen LogP contribution is 2.32. The van der Waals surface area contributed by atoms with E-state index >= 15 is 0 Å². The minimum absolute atomic E-state index is 0.155. The molecule has 5 nitrogen and oxygen atoms in total. The molecule has 0 saturated carbocycles. The van der Waals surface area contributed by atoms with Crippen molar-refractivity contribution in [1.82, 2.24) is 0 Å². The highest BCUT2D eigenvalue weighted by atomic mass is 16.5. The summed E-state index contributed by atoms with van der Waals surface area (Å²) in [7, 11) is 0. The first-order valence-electron chi connectivity index (χ1n) is 9.19. The maximum absolute atomic E-state index is 12.8. The Morgan fingerprint density at radius 1 is 0.862 bits per heavy atom. The third-order valence-corrected chi connectivity index (χ3v) is 5.15. The average Bonchev–Trinajstić information content (AvgIpc) is 3.05. The Balaban J connectivity index is 1.56. The Labute approximate surface area is 165 Å². The lowest BCUT2D eigenvalue weighted by Crippen LogP contribution is -2.08. The quantitative estimate of drug-likeness (QED) is 0.227. The SMILES string of the molecule is Cc1cc(=O)oc2cc(OC(=O)c3oc4c(ccc5ccccc54)c3C)ccc12. The first-order valence-corrected chi connectivity index (χ1v) is 9.19. The molecule has 0 bridgehead atoms. The average molecular weight is 384 g/mol. The molecule has 3 aromatic carbocycles. The number of esters is 1. The van der Waals surface area contributed by atoms with Crippen molar-refractivity contribution in [2.24, 2.45) is 0 Å². The van der Waals surface area contributed by atoms with Crippen molar-refractivity contribution in [3.63, 3.8) is 0 Å². The number of ether oxygens (including phenoxy) is 1. The molecule has 2 aromatic heterocycles. The van der Waals surface area contributed by atoms with Gasteiger partial charge in [0.2, 0.25) is 5.76 Å². The van der Waals surface area contributed by atoms with E-state index in [9.17, 15) is 9.59 Å². The molecule has 5 rings (SSSR count). The van der Waals surface area contributed by atoms with Crippen LogP contribution in [0.4, 0.5) is 0 Å². The molecule has 29 heavy (non-hydrogen) atoms. The number of fused-ring (bicyclic) bond motifs is 4. The van der Waals surface area contributed by atoms with E-state index in [0.717, 1.165) is 32.7 Å². The molecule has 5 heteroatoms.